The van der Waals surface area contributed by atoms with Gasteiger partial charge in [-0.3, -0.25) is 19.3 Å². The number of morpholine rings is 1. The Balaban J connectivity index is 1.36. The van der Waals surface area contributed by atoms with Crippen molar-refractivity contribution in [2.24, 2.45) is 10.7 Å². The van der Waals surface area contributed by atoms with Crippen molar-refractivity contribution in [1.82, 2.24) is 14.8 Å². The van der Waals surface area contributed by atoms with Gasteiger partial charge in [0.25, 0.3) is 5.91 Å². The number of anilines is 4. The zero-order chi connectivity index (χ0) is 38.3. The number of hydrogen-bond donors (Lipinski definition) is 4. The third kappa shape index (κ3) is 10.5. The van der Waals surface area contributed by atoms with E-state index < -0.39 is 15.9 Å². The van der Waals surface area contributed by atoms with Crippen LogP contribution >= 0.6 is 0 Å². The van der Waals surface area contributed by atoms with Gasteiger partial charge in [-0.25, -0.2) is 18.4 Å². The van der Waals surface area contributed by atoms with Crippen LogP contribution in [0, 0.1) is 6.92 Å². The molecule has 15 heteroatoms. The summed E-state index contributed by atoms with van der Waals surface area (Å²) in [4.78, 5) is 30.7. The number of amides is 1. The first-order chi connectivity index (χ1) is 25.1. The third-order valence-electron chi connectivity index (χ3n) is 9.33. The molecule has 0 saturated carbocycles. The lowest BCUT2D eigenvalue weighted by atomic mass is 9.86. The number of carbonyl (C=O) groups is 1. The van der Waals surface area contributed by atoms with Crippen LogP contribution in [0.5, 0.6) is 5.75 Å². The second-order valence-electron chi connectivity index (χ2n) is 14.4. The standard InChI is InChI=1S/C38H53N9O5S/c1-8-40-29-11-12-33(47-17-15-45(16-18-47)13-14-46-19-21-52-22-20-46)43-34(29)36(39)41-30-23-27(10-9-26(30)2)37(48)42-31-24-28(38(3,4)5)25-32(35(31)51-6)44-53(7,49)50/h8-12,23-25,40,44H,1,13-22H2,2-7H3,(H2,39,41)(H,42,48). The SMILES string of the molecule is C=CNc1ccc(N2CCN(CCN3CCOCC3)CC2)nc1C(N)=Nc1cc(C(=O)Nc2cc(C(C)(C)C)cc(NS(C)(=O)=O)c2OC)ccc1C. The molecule has 3 heterocycles. The molecular formula is C38H53N9O5S. The first-order valence-corrected chi connectivity index (χ1v) is 19.7. The minimum atomic E-state index is -3.63. The minimum absolute atomic E-state index is 0.178. The molecule has 2 aliphatic rings. The van der Waals surface area contributed by atoms with Crippen molar-refractivity contribution >= 4 is 50.3 Å². The molecule has 2 fully saturated rings. The first-order valence-electron chi connectivity index (χ1n) is 17.8. The number of amidine groups is 1. The lowest BCUT2D eigenvalue weighted by Gasteiger charge is -2.37. The Labute approximate surface area is 313 Å². The second-order valence-corrected chi connectivity index (χ2v) is 16.1. The van der Waals surface area contributed by atoms with Gasteiger partial charge in [0.05, 0.1) is 49.3 Å². The summed E-state index contributed by atoms with van der Waals surface area (Å²) in [7, 11) is -2.21. The second kappa shape index (κ2) is 17.0. The van der Waals surface area contributed by atoms with E-state index in [1.54, 1.807) is 36.5 Å². The molecule has 0 atom stereocenters. The van der Waals surface area contributed by atoms with Gasteiger partial charge in [0, 0.05) is 57.9 Å². The first kappa shape index (κ1) is 39.5. The third-order valence-corrected chi connectivity index (χ3v) is 9.92. The molecule has 1 aromatic heterocycles. The molecule has 53 heavy (non-hydrogen) atoms. The highest BCUT2D eigenvalue weighted by molar-refractivity contribution is 7.92. The van der Waals surface area contributed by atoms with Crippen LogP contribution in [0.15, 0.2) is 60.2 Å². The van der Waals surface area contributed by atoms with E-state index in [9.17, 15) is 13.2 Å². The number of pyridine rings is 1. The van der Waals surface area contributed by atoms with Crippen LogP contribution < -0.4 is 30.7 Å². The van der Waals surface area contributed by atoms with Crippen LogP contribution in [-0.4, -0.2) is 114 Å². The topological polar surface area (TPSA) is 167 Å². The van der Waals surface area contributed by atoms with Crippen LogP contribution in [0.2, 0.25) is 0 Å². The van der Waals surface area contributed by atoms with Crippen LogP contribution in [0.25, 0.3) is 0 Å². The number of piperazine rings is 1. The predicted octanol–water partition coefficient (Wildman–Crippen LogP) is 4.37. The monoisotopic (exact) mass is 747 g/mol. The molecule has 0 radical (unpaired) electrons. The number of nitrogens with two attached hydrogens (primary N) is 1. The number of nitrogens with zero attached hydrogens (tertiary/aromatic N) is 5. The maximum absolute atomic E-state index is 13.7. The van der Waals surface area contributed by atoms with E-state index in [0.717, 1.165) is 88.8 Å². The number of benzene rings is 2. The molecule has 1 amide bonds. The van der Waals surface area contributed by atoms with Crippen LogP contribution in [0.1, 0.15) is 48.0 Å². The molecule has 286 valence electrons. The summed E-state index contributed by atoms with van der Waals surface area (Å²) in [6, 6.07) is 12.5. The van der Waals surface area contributed by atoms with E-state index in [-0.39, 0.29) is 22.7 Å². The highest BCUT2D eigenvalue weighted by Gasteiger charge is 2.24. The van der Waals surface area contributed by atoms with Crippen LogP contribution in [0.4, 0.5) is 28.6 Å². The number of ether oxygens (including phenoxy) is 2. The van der Waals surface area contributed by atoms with Crippen LogP contribution in [0.3, 0.4) is 0 Å². The van der Waals surface area contributed by atoms with E-state index in [2.05, 4.69) is 36.6 Å². The number of aliphatic imine (C=N–C) groups is 1. The number of aromatic nitrogens is 1. The highest BCUT2D eigenvalue weighted by Crippen LogP contribution is 2.39. The normalized spacial score (nSPS) is 16.3. The molecule has 14 nitrogen and oxygen atoms in total. The number of rotatable bonds is 13. The van der Waals surface area contributed by atoms with Gasteiger partial charge in [0.1, 0.15) is 11.5 Å². The van der Waals surface area contributed by atoms with E-state index in [1.807, 2.05) is 39.8 Å². The largest absolute Gasteiger partial charge is 0.492 e. The molecule has 5 N–H and O–H groups in total. The van der Waals surface area contributed by atoms with Gasteiger partial charge < -0.3 is 30.7 Å². The number of carbonyl (C=O) groups excluding carboxylic acids is 1. The van der Waals surface area contributed by atoms with Gasteiger partial charge in [-0.05, 0) is 66.1 Å². The van der Waals surface area contributed by atoms with Crippen molar-refractivity contribution in [3.63, 3.8) is 0 Å². The Morgan fingerprint density at radius 3 is 2.28 bits per heavy atom. The van der Waals surface area contributed by atoms with Gasteiger partial charge in [0.15, 0.2) is 11.6 Å². The van der Waals surface area contributed by atoms with Crippen molar-refractivity contribution in [2.45, 2.75) is 33.1 Å². The van der Waals surface area contributed by atoms with Crippen molar-refractivity contribution in [3.05, 3.63) is 77.6 Å². The summed E-state index contributed by atoms with van der Waals surface area (Å²) >= 11 is 0. The predicted molar refractivity (Wildman–Crippen MR) is 214 cm³/mol. The average molecular weight is 748 g/mol. The van der Waals surface area contributed by atoms with Crippen molar-refractivity contribution in [1.29, 1.82) is 0 Å². The van der Waals surface area contributed by atoms with Crippen molar-refractivity contribution < 1.29 is 22.7 Å². The molecule has 0 spiro atoms. The molecule has 2 aliphatic heterocycles. The number of sulfonamides is 1. The van der Waals surface area contributed by atoms with E-state index in [0.29, 0.717) is 28.3 Å². The summed E-state index contributed by atoms with van der Waals surface area (Å²) in [6.45, 7) is 20.9. The molecular weight excluding hydrogens is 695 g/mol. The molecule has 0 aliphatic carbocycles. The smallest absolute Gasteiger partial charge is 0.255 e. The highest BCUT2D eigenvalue weighted by atomic mass is 32.2. The van der Waals surface area contributed by atoms with Gasteiger partial charge in [-0.2, -0.15) is 0 Å². The Morgan fingerprint density at radius 2 is 1.66 bits per heavy atom. The van der Waals surface area contributed by atoms with Gasteiger partial charge in [-0.15, -0.1) is 0 Å². The zero-order valence-corrected chi connectivity index (χ0v) is 32.5. The molecule has 2 saturated heterocycles. The summed E-state index contributed by atoms with van der Waals surface area (Å²) in [5.74, 6) is 0.737. The molecule has 5 rings (SSSR count). The lowest BCUT2D eigenvalue weighted by Crippen LogP contribution is -2.49. The van der Waals surface area contributed by atoms with Crippen molar-refractivity contribution in [2.75, 3.05) is 99.2 Å². The number of nitrogens with one attached hydrogen (secondary N) is 3. The Kier molecular flexibility index (Phi) is 12.6. The number of methoxy groups -OCH3 is 1. The molecule has 2 aromatic carbocycles. The maximum atomic E-state index is 13.7. The molecule has 3 aromatic rings. The molecule has 0 bridgehead atoms. The lowest BCUT2D eigenvalue weighted by molar-refractivity contribution is 0.0331. The fraction of sp³-hybridized carbons (Fsp3) is 0.447. The maximum Gasteiger partial charge on any atom is 0.255 e. The van der Waals surface area contributed by atoms with Gasteiger partial charge in [0.2, 0.25) is 10.0 Å². The van der Waals surface area contributed by atoms with E-state index in [1.165, 1.54) is 7.11 Å². The van der Waals surface area contributed by atoms with Gasteiger partial charge >= 0.3 is 0 Å². The summed E-state index contributed by atoms with van der Waals surface area (Å²) < 4.78 is 37.9. The van der Waals surface area contributed by atoms with Crippen LogP contribution in [-0.2, 0) is 20.2 Å². The fourth-order valence-electron chi connectivity index (χ4n) is 6.25. The molecule has 0 unspecified atom stereocenters. The summed E-state index contributed by atoms with van der Waals surface area (Å²) in [5.41, 5.74) is 10.4. The van der Waals surface area contributed by atoms with Gasteiger partial charge in [-0.1, -0.05) is 33.4 Å². The number of aryl methyl sites for hydroxylation is 1. The quantitative estimate of drug-likeness (QED) is 0.145. The zero-order valence-electron chi connectivity index (χ0n) is 31.7. The average Bonchev–Trinajstić information content (AvgIpc) is 3.11. The Bertz CT molecular complexity index is 1930. The summed E-state index contributed by atoms with van der Waals surface area (Å²) in [6.07, 6.45) is 2.63. The number of hydrogen-bond acceptors (Lipinski definition) is 11. The van der Waals surface area contributed by atoms with E-state index >= 15 is 0 Å². The summed E-state index contributed by atoms with van der Waals surface area (Å²) in [5, 5.41) is 6.04. The Morgan fingerprint density at radius 1 is 1.00 bits per heavy atom. The fourth-order valence-corrected chi connectivity index (χ4v) is 6.80. The minimum Gasteiger partial charge on any atom is -0.492 e. The van der Waals surface area contributed by atoms with Crippen molar-refractivity contribution in [3.8, 4) is 5.75 Å². The van der Waals surface area contributed by atoms with E-state index in [4.69, 9.17) is 25.2 Å². The Hall–Kier alpha value is -4.70.